The smallest absolute Gasteiger partial charge is 0.131 e. The van der Waals surface area contributed by atoms with Gasteiger partial charge in [0, 0.05) is 11.1 Å². The summed E-state index contributed by atoms with van der Waals surface area (Å²) in [5, 5.41) is 0. The van der Waals surface area contributed by atoms with Crippen molar-refractivity contribution in [1.29, 1.82) is 0 Å². The molecule has 30 heavy (non-hydrogen) atoms. The molecule has 0 heterocycles. The van der Waals surface area contributed by atoms with Crippen molar-refractivity contribution in [3.63, 3.8) is 0 Å². The van der Waals surface area contributed by atoms with Crippen molar-refractivity contribution in [1.82, 2.24) is 0 Å². The Bertz CT molecular complexity index is 957. The number of hydrogen-bond donors (Lipinski definition) is 0. The quantitative estimate of drug-likeness (QED) is 0.352. The van der Waals surface area contributed by atoms with E-state index in [2.05, 4.69) is 36.9 Å². The molecule has 0 fully saturated rings. The maximum atomic E-state index is 6.15. The van der Waals surface area contributed by atoms with Gasteiger partial charge in [-0.25, -0.2) is 0 Å². The van der Waals surface area contributed by atoms with Crippen molar-refractivity contribution in [2.75, 3.05) is 19.8 Å². The van der Waals surface area contributed by atoms with Crippen LogP contribution in [0.1, 0.15) is 26.3 Å². The first-order valence-corrected chi connectivity index (χ1v) is 10.5. The summed E-state index contributed by atoms with van der Waals surface area (Å²) in [4.78, 5) is 0. The summed E-state index contributed by atoms with van der Waals surface area (Å²) < 4.78 is 17.4. The van der Waals surface area contributed by atoms with Gasteiger partial charge < -0.3 is 14.2 Å². The Morgan fingerprint density at radius 2 is 1.30 bits per heavy atom. The topological polar surface area (TPSA) is 27.7 Å². The molecule has 0 amide bonds. The van der Waals surface area contributed by atoms with Gasteiger partial charge in [0.15, 0.2) is 0 Å². The third-order valence-electron chi connectivity index (χ3n) is 4.72. The Kier molecular flexibility index (Phi) is 7.56. The Morgan fingerprint density at radius 3 is 1.80 bits per heavy atom. The van der Waals surface area contributed by atoms with Crippen LogP contribution < -0.4 is 14.2 Å². The highest BCUT2D eigenvalue weighted by Gasteiger charge is 2.18. The third-order valence-corrected chi connectivity index (χ3v) is 4.72. The fourth-order valence-electron chi connectivity index (χ4n) is 3.46. The Labute approximate surface area is 179 Å². The summed E-state index contributed by atoms with van der Waals surface area (Å²) in [6, 6.07) is 21.8. The zero-order valence-corrected chi connectivity index (χ0v) is 18.0. The highest BCUT2D eigenvalue weighted by atomic mass is 16.5. The molecule has 3 rings (SSSR count). The van der Waals surface area contributed by atoms with Crippen LogP contribution in [0.4, 0.5) is 0 Å². The van der Waals surface area contributed by atoms with Crippen molar-refractivity contribution in [3.8, 4) is 39.5 Å². The largest absolute Gasteiger partial charge is 0.494 e. The van der Waals surface area contributed by atoms with Crippen molar-refractivity contribution >= 4 is 0 Å². The van der Waals surface area contributed by atoms with E-state index in [-0.39, 0.29) is 0 Å². The van der Waals surface area contributed by atoms with E-state index in [4.69, 9.17) is 14.2 Å². The van der Waals surface area contributed by atoms with Crippen LogP contribution in [0.5, 0.6) is 17.2 Å². The van der Waals surface area contributed by atoms with E-state index in [0.29, 0.717) is 19.8 Å². The molecule has 0 aromatic heterocycles. The number of benzene rings is 3. The van der Waals surface area contributed by atoms with E-state index >= 15 is 0 Å². The highest BCUT2D eigenvalue weighted by molar-refractivity contribution is 5.88. The molecule has 0 aliphatic carbocycles. The maximum Gasteiger partial charge on any atom is 0.131 e. The lowest BCUT2D eigenvalue weighted by atomic mass is 9.90. The molecule has 0 aliphatic heterocycles. The van der Waals surface area contributed by atoms with Crippen LogP contribution in [0.15, 0.2) is 67.3 Å². The van der Waals surface area contributed by atoms with Crippen LogP contribution in [0, 0.1) is 6.07 Å². The Morgan fingerprint density at radius 1 is 0.767 bits per heavy atom. The fraction of sp³-hybridized carbons (Fsp3) is 0.259. The molecule has 1 radical (unpaired) electrons. The number of hydrogen-bond acceptors (Lipinski definition) is 3. The molecule has 155 valence electrons. The molecule has 0 atom stereocenters. The minimum absolute atomic E-state index is 0.584. The van der Waals surface area contributed by atoms with Crippen LogP contribution >= 0.6 is 0 Å². The molecule has 0 unspecified atom stereocenters. The predicted molar refractivity (Wildman–Crippen MR) is 124 cm³/mol. The summed E-state index contributed by atoms with van der Waals surface area (Å²) in [6.45, 7) is 11.7. The normalized spacial score (nSPS) is 10.5. The van der Waals surface area contributed by atoms with Gasteiger partial charge in [-0.1, -0.05) is 30.3 Å². The second-order valence-electron chi connectivity index (χ2n) is 6.73. The van der Waals surface area contributed by atoms with Crippen LogP contribution in [0.3, 0.4) is 0 Å². The zero-order chi connectivity index (χ0) is 21.3. The van der Waals surface area contributed by atoms with Gasteiger partial charge in [0.05, 0.1) is 19.8 Å². The molecule has 0 saturated carbocycles. The zero-order valence-electron chi connectivity index (χ0n) is 18.0. The Hall–Kier alpha value is -3.20. The lowest BCUT2D eigenvalue weighted by molar-refractivity contribution is 0.338. The standard InChI is InChI=1S/C27H29O3/c1-5-9-22-14-19-25(20-10-15-23(16-11-20)28-6-2)26(27(22)30-8-4)21-12-17-24(18-13-21)29-7-3/h5,10-18H,1,6-9H2,2-4H3. The monoisotopic (exact) mass is 401 g/mol. The molecule has 3 nitrogen and oxygen atoms in total. The SMILES string of the molecule is C=CCc1c[c]c(-c2ccc(OCC)cc2)c(-c2ccc(OCC)cc2)c1OCC. The molecule has 0 bridgehead atoms. The van der Waals surface area contributed by atoms with E-state index in [9.17, 15) is 0 Å². The summed E-state index contributed by atoms with van der Waals surface area (Å²) in [5.41, 5.74) is 5.23. The first-order chi connectivity index (χ1) is 14.7. The lowest BCUT2D eigenvalue weighted by Gasteiger charge is -2.19. The number of rotatable bonds is 10. The first kappa shape index (κ1) is 21.5. The molecule has 3 aromatic rings. The van der Waals surface area contributed by atoms with Gasteiger partial charge in [-0.2, -0.15) is 0 Å². The van der Waals surface area contributed by atoms with Crippen LogP contribution in [-0.2, 0) is 6.42 Å². The third kappa shape index (κ3) is 4.85. The van der Waals surface area contributed by atoms with Gasteiger partial charge in [0.2, 0.25) is 0 Å². The van der Waals surface area contributed by atoms with Crippen molar-refractivity contribution < 1.29 is 14.2 Å². The van der Waals surface area contributed by atoms with Gasteiger partial charge >= 0.3 is 0 Å². The predicted octanol–water partition coefficient (Wildman–Crippen LogP) is 6.75. The molecular weight excluding hydrogens is 372 g/mol. The average Bonchev–Trinajstić information content (AvgIpc) is 2.77. The molecule has 0 aliphatic rings. The highest BCUT2D eigenvalue weighted by Crippen LogP contribution is 2.42. The van der Waals surface area contributed by atoms with E-state index in [1.807, 2.05) is 57.2 Å². The van der Waals surface area contributed by atoms with Gasteiger partial charge in [-0.15, -0.1) is 6.58 Å². The summed E-state index contributed by atoms with van der Waals surface area (Å²) in [6.07, 6.45) is 2.61. The molecular formula is C27H29O3. The molecule has 0 spiro atoms. The van der Waals surface area contributed by atoms with Crippen molar-refractivity contribution in [3.05, 3.63) is 78.9 Å². The van der Waals surface area contributed by atoms with Gasteiger partial charge in [-0.3, -0.25) is 0 Å². The van der Waals surface area contributed by atoms with Gasteiger partial charge in [0.1, 0.15) is 17.2 Å². The average molecular weight is 402 g/mol. The van der Waals surface area contributed by atoms with Gasteiger partial charge in [-0.05, 0) is 80.3 Å². The second kappa shape index (κ2) is 10.5. The minimum Gasteiger partial charge on any atom is -0.494 e. The van der Waals surface area contributed by atoms with E-state index in [0.717, 1.165) is 51.5 Å². The summed E-state index contributed by atoms with van der Waals surface area (Å²) in [5.74, 6) is 2.59. The number of allylic oxidation sites excluding steroid dienone is 1. The van der Waals surface area contributed by atoms with Crippen molar-refractivity contribution in [2.45, 2.75) is 27.2 Å². The van der Waals surface area contributed by atoms with E-state index in [1.54, 1.807) is 0 Å². The fourth-order valence-corrected chi connectivity index (χ4v) is 3.46. The van der Waals surface area contributed by atoms with E-state index < -0.39 is 0 Å². The summed E-state index contributed by atoms with van der Waals surface area (Å²) >= 11 is 0. The molecule has 0 N–H and O–H groups in total. The molecule has 3 aromatic carbocycles. The lowest BCUT2D eigenvalue weighted by Crippen LogP contribution is -2.01. The minimum atomic E-state index is 0.584. The van der Waals surface area contributed by atoms with E-state index in [1.165, 1.54) is 0 Å². The second-order valence-corrected chi connectivity index (χ2v) is 6.73. The molecule has 0 saturated heterocycles. The molecule has 3 heteroatoms. The van der Waals surface area contributed by atoms with Crippen LogP contribution in [0.2, 0.25) is 0 Å². The Balaban J connectivity index is 2.17. The number of ether oxygens (including phenoxy) is 3. The van der Waals surface area contributed by atoms with Crippen LogP contribution in [0.25, 0.3) is 22.3 Å². The first-order valence-electron chi connectivity index (χ1n) is 10.5. The summed E-state index contributed by atoms with van der Waals surface area (Å²) in [7, 11) is 0. The van der Waals surface area contributed by atoms with Crippen LogP contribution in [-0.4, -0.2) is 19.8 Å². The maximum absolute atomic E-state index is 6.15. The van der Waals surface area contributed by atoms with Crippen molar-refractivity contribution in [2.24, 2.45) is 0 Å². The van der Waals surface area contributed by atoms with Gasteiger partial charge in [0.25, 0.3) is 0 Å².